The van der Waals surface area contributed by atoms with E-state index in [2.05, 4.69) is 0 Å². The second-order valence-corrected chi connectivity index (χ2v) is 6.29. The fourth-order valence-corrected chi connectivity index (χ4v) is 3.12. The fraction of sp³-hybridized carbons (Fsp3) is 0.182. The smallest absolute Gasteiger partial charge is 0.338 e. The normalized spacial score (nSPS) is 16.0. The SMILES string of the molecule is COCC1=C(C(=O)OC)[C@@H](c2ccc(F)c(Oc3ccccc3)c2)C(C#N)=C(N)O1. The minimum Gasteiger partial charge on any atom is -0.466 e. The number of nitriles is 1. The predicted molar refractivity (Wildman–Crippen MR) is 104 cm³/mol. The average Bonchev–Trinajstić information content (AvgIpc) is 2.75. The maximum atomic E-state index is 14.4. The minimum absolute atomic E-state index is 0.00692. The van der Waals surface area contributed by atoms with Crippen molar-refractivity contribution in [1.82, 2.24) is 0 Å². The second kappa shape index (κ2) is 9.11. The van der Waals surface area contributed by atoms with Crippen molar-refractivity contribution in [2.24, 2.45) is 5.73 Å². The summed E-state index contributed by atoms with van der Waals surface area (Å²) in [5.41, 5.74) is 6.36. The molecule has 0 saturated carbocycles. The Morgan fingerprint density at radius 2 is 1.97 bits per heavy atom. The Kier molecular flexibility index (Phi) is 6.35. The molecule has 0 amide bonds. The van der Waals surface area contributed by atoms with Gasteiger partial charge in [-0.3, -0.25) is 0 Å². The lowest BCUT2D eigenvalue weighted by atomic mass is 9.83. The van der Waals surface area contributed by atoms with E-state index in [1.165, 1.54) is 32.4 Å². The predicted octanol–water partition coefficient (Wildman–Crippen LogP) is 3.50. The Bertz CT molecular complexity index is 1060. The van der Waals surface area contributed by atoms with Gasteiger partial charge in [0.05, 0.1) is 18.6 Å². The van der Waals surface area contributed by atoms with Crippen LogP contribution in [0.2, 0.25) is 0 Å². The Morgan fingerprint density at radius 1 is 1.23 bits per heavy atom. The Hall–Kier alpha value is -3.83. The van der Waals surface area contributed by atoms with Crippen molar-refractivity contribution in [3.05, 3.63) is 82.7 Å². The third kappa shape index (κ3) is 4.11. The summed E-state index contributed by atoms with van der Waals surface area (Å²) in [4.78, 5) is 12.6. The number of allylic oxidation sites excluding steroid dienone is 1. The van der Waals surface area contributed by atoms with Gasteiger partial charge in [-0.1, -0.05) is 24.3 Å². The first-order chi connectivity index (χ1) is 14.5. The number of carbonyl (C=O) groups excluding carboxylic acids is 1. The zero-order valence-corrected chi connectivity index (χ0v) is 16.3. The molecule has 2 N–H and O–H groups in total. The Labute approximate surface area is 172 Å². The van der Waals surface area contributed by atoms with Crippen molar-refractivity contribution in [2.75, 3.05) is 20.8 Å². The van der Waals surface area contributed by atoms with Crippen molar-refractivity contribution >= 4 is 5.97 Å². The number of methoxy groups -OCH3 is 2. The zero-order valence-electron chi connectivity index (χ0n) is 16.3. The van der Waals surface area contributed by atoms with E-state index in [0.29, 0.717) is 11.3 Å². The number of carbonyl (C=O) groups is 1. The van der Waals surface area contributed by atoms with Gasteiger partial charge >= 0.3 is 5.97 Å². The van der Waals surface area contributed by atoms with E-state index in [1.807, 2.05) is 6.07 Å². The second-order valence-electron chi connectivity index (χ2n) is 6.29. The lowest BCUT2D eigenvalue weighted by molar-refractivity contribution is -0.136. The van der Waals surface area contributed by atoms with Gasteiger partial charge in [0, 0.05) is 7.11 Å². The summed E-state index contributed by atoms with van der Waals surface area (Å²) in [6.07, 6.45) is 0. The maximum Gasteiger partial charge on any atom is 0.338 e. The maximum absolute atomic E-state index is 14.4. The summed E-state index contributed by atoms with van der Waals surface area (Å²) in [5, 5.41) is 9.66. The van der Waals surface area contributed by atoms with Crippen molar-refractivity contribution in [3.63, 3.8) is 0 Å². The average molecular weight is 410 g/mol. The molecule has 1 aliphatic rings. The molecule has 2 aromatic rings. The summed E-state index contributed by atoms with van der Waals surface area (Å²) in [6, 6.07) is 14.7. The number of ether oxygens (including phenoxy) is 4. The molecule has 30 heavy (non-hydrogen) atoms. The monoisotopic (exact) mass is 410 g/mol. The largest absolute Gasteiger partial charge is 0.466 e. The number of halogens is 1. The molecule has 0 spiro atoms. The highest BCUT2D eigenvalue weighted by Gasteiger charge is 2.37. The molecule has 154 valence electrons. The summed E-state index contributed by atoms with van der Waals surface area (Å²) >= 11 is 0. The van der Waals surface area contributed by atoms with Crippen molar-refractivity contribution < 1.29 is 28.1 Å². The number of nitrogens with zero attached hydrogens (tertiary/aromatic N) is 1. The third-order valence-electron chi connectivity index (χ3n) is 4.44. The van der Waals surface area contributed by atoms with Crippen LogP contribution in [0.3, 0.4) is 0 Å². The first kappa shape index (κ1) is 20.9. The molecule has 0 unspecified atom stereocenters. The van der Waals surface area contributed by atoms with Crippen LogP contribution in [0.15, 0.2) is 71.3 Å². The quantitative estimate of drug-likeness (QED) is 0.727. The number of rotatable bonds is 6. The molecule has 0 radical (unpaired) electrons. The highest BCUT2D eigenvalue weighted by molar-refractivity contribution is 5.92. The van der Waals surface area contributed by atoms with Crippen LogP contribution < -0.4 is 10.5 Å². The van der Waals surface area contributed by atoms with Crippen LogP contribution in [-0.4, -0.2) is 26.8 Å². The number of esters is 1. The van der Waals surface area contributed by atoms with E-state index in [9.17, 15) is 14.4 Å². The standard InChI is InChI=1S/C22H19FN2O5/c1-27-12-18-20(22(26)28-2)19(15(11-24)21(25)30-18)13-8-9-16(23)17(10-13)29-14-6-4-3-5-7-14/h3-10,19H,12,25H2,1-2H3/t19-/m0/s1. The lowest BCUT2D eigenvalue weighted by Crippen LogP contribution is -2.27. The number of nitrogens with two attached hydrogens (primary N) is 1. The van der Waals surface area contributed by atoms with Crippen LogP contribution in [0.1, 0.15) is 11.5 Å². The van der Waals surface area contributed by atoms with Gasteiger partial charge in [0.15, 0.2) is 11.6 Å². The molecule has 0 fully saturated rings. The Balaban J connectivity index is 2.14. The lowest BCUT2D eigenvalue weighted by Gasteiger charge is -2.27. The first-order valence-electron chi connectivity index (χ1n) is 8.90. The fourth-order valence-electron chi connectivity index (χ4n) is 3.12. The molecule has 0 aromatic heterocycles. The Morgan fingerprint density at radius 3 is 2.60 bits per heavy atom. The molecular weight excluding hydrogens is 391 g/mol. The molecule has 2 aromatic carbocycles. The molecule has 8 heteroatoms. The molecule has 0 aliphatic carbocycles. The molecule has 0 bridgehead atoms. The van der Waals surface area contributed by atoms with Gasteiger partial charge in [-0.05, 0) is 29.8 Å². The highest BCUT2D eigenvalue weighted by Crippen LogP contribution is 2.41. The third-order valence-corrected chi connectivity index (χ3v) is 4.44. The molecular formula is C22H19FN2O5. The zero-order chi connectivity index (χ0) is 21.7. The van der Waals surface area contributed by atoms with Crippen LogP contribution in [0, 0.1) is 17.1 Å². The van der Waals surface area contributed by atoms with Gasteiger partial charge in [-0.15, -0.1) is 0 Å². The summed E-state index contributed by atoms with van der Waals surface area (Å²) in [6.45, 7) is -0.0745. The van der Waals surface area contributed by atoms with Gasteiger partial charge in [-0.2, -0.15) is 5.26 Å². The summed E-state index contributed by atoms with van der Waals surface area (Å²) in [5.74, 6) is -1.97. The molecule has 1 aliphatic heterocycles. The van der Waals surface area contributed by atoms with Gasteiger partial charge in [-0.25, -0.2) is 9.18 Å². The van der Waals surface area contributed by atoms with Crippen molar-refractivity contribution in [1.29, 1.82) is 5.26 Å². The minimum atomic E-state index is -0.944. The van der Waals surface area contributed by atoms with Crippen LogP contribution in [0.25, 0.3) is 0 Å². The first-order valence-corrected chi connectivity index (χ1v) is 8.90. The van der Waals surface area contributed by atoms with Gasteiger partial charge in [0.2, 0.25) is 5.88 Å². The molecule has 0 saturated heterocycles. The van der Waals surface area contributed by atoms with Crippen LogP contribution in [-0.2, 0) is 19.0 Å². The van der Waals surface area contributed by atoms with E-state index in [-0.39, 0.29) is 35.1 Å². The van der Waals surface area contributed by atoms with Gasteiger partial charge in [0.1, 0.15) is 29.8 Å². The van der Waals surface area contributed by atoms with E-state index >= 15 is 0 Å². The van der Waals surface area contributed by atoms with Crippen LogP contribution >= 0.6 is 0 Å². The topological polar surface area (TPSA) is 104 Å². The summed E-state index contributed by atoms with van der Waals surface area (Å²) in [7, 11) is 2.63. The number of hydrogen-bond acceptors (Lipinski definition) is 7. The van der Waals surface area contributed by atoms with Gasteiger partial charge in [0.25, 0.3) is 0 Å². The van der Waals surface area contributed by atoms with E-state index < -0.39 is 17.7 Å². The molecule has 1 heterocycles. The number of para-hydroxylation sites is 1. The van der Waals surface area contributed by atoms with Gasteiger partial charge < -0.3 is 24.7 Å². The molecule has 7 nitrogen and oxygen atoms in total. The number of benzene rings is 2. The van der Waals surface area contributed by atoms with E-state index in [0.717, 1.165) is 0 Å². The highest BCUT2D eigenvalue weighted by atomic mass is 19.1. The number of hydrogen-bond donors (Lipinski definition) is 1. The van der Waals surface area contributed by atoms with Crippen molar-refractivity contribution in [2.45, 2.75) is 5.92 Å². The van der Waals surface area contributed by atoms with Crippen LogP contribution in [0.4, 0.5) is 4.39 Å². The van der Waals surface area contributed by atoms with E-state index in [4.69, 9.17) is 24.7 Å². The van der Waals surface area contributed by atoms with Crippen LogP contribution in [0.5, 0.6) is 11.5 Å². The summed E-state index contributed by atoms with van der Waals surface area (Å²) < 4.78 is 35.5. The molecule has 1 atom stereocenters. The van der Waals surface area contributed by atoms with E-state index in [1.54, 1.807) is 30.3 Å². The molecule has 3 rings (SSSR count). The van der Waals surface area contributed by atoms with Crippen molar-refractivity contribution in [3.8, 4) is 17.6 Å².